The van der Waals surface area contributed by atoms with E-state index in [9.17, 15) is 5.11 Å². The number of hydrogen-bond donors (Lipinski definition) is 1. The minimum atomic E-state index is -1.29. The molecule has 0 saturated carbocycles. The maximum atomic E-state index is 9.94. The van der Waals surface area contributed by atoms with E-state index in [1.807, 2.05) is 0 Å². The first-order chi connectivity index (χ1) is 9.40. The molecule has 0 aliphatic rings. The third-order valence-electron chi connectivity index (χ3n) is 2.77. The van der Waals surface area contributed by atoms with Gasteiger partial charge in [-0.3, -0.25) is 0 Å². The van der Waals surface area contributed by atoms with E-state index < -0.39 is 5.60 Å². The molecule has 20 heavy (non-hydrogen) atoms. The summed E-state index contributed by atoms with van der Waals surface area (Å²) in [7, 11) is 0. The first-order valence-electron chi connectivity index (χ1n) is 5.85. The van der Waals surface area contributed by atoms with Gasteiger partial charge in [0.25, 0.3) is 0 Å². The van der Waals surface area contributed by atoms with Crippen LogP contribution in [0.4, 0.5) is 0 Å². The van der Waals surface area contributed by atoms with Crippen molar-refractivity contribution in [1.82, 2.24) is 0 Å². The van der Waals surface area contributed by atoms with E-state index in [1.54, 1.807) is 49.4 Å². The Morgan fingerprint density at radius 2 is 1.60 bits per heavy atom. The third-order valence-corrected chi connectivity index (χ3v) is 3.21. The van der Waals surface area contributed by atoms with Gasteiger partial charge in [0.15, 0.2) is 0 Å². The van der Waals surface area contributed by atoms with Crippen LogP contribution in [0.2, 0.25) is 10.0 Å². The van der Waals surface area contributed by atoms with Crippen molar-refractivity contribution in [2.45, 2.75) is 12.5 Å². The van der Waals surface area contributed by atoms with E-state index >= 15 is 0 Å². The van der Waals surface area contributed by atoms with Crippen LogP contribution in [0, 0.1) is 12.3 Å². The van der Waals surface area contributed by atoms with Crippen molar-refractivity contribution in [3.63, 3.8) is 0 Å². The second-order valence-corrected chi connectivity index (χ2v) is 5.32. The molecule has 102 valence electrons. The van der Waals surface area contributed by atoms with Crippen LogP contribution in [-0.2, 0) is 5.60 Å². The Labute approximate surface area is 127 Å². The van der Waals surface area contributed by atoms with E-state index in [2.05, 4.69) is 5.92 Å². The summed E-state index contributed by atoms with van der Waals surface area (Å²) in [5.41, 5.74) is -0.672. The van der Waals surface area contributed by atoms with E-state index in [0.29, 0.717) is 27.1 Å². The van der Waals surface area contributed by atoms with E-state index in [4.69, 9.17) is 34.4 Å². The molecule has 4 heteroatoms. The van der Waals surface area contributed by atoms with Gasteiger partial charge in [0.2, 0.25) is 0 Å². The molecule has 0 spiro atoms. The molecule has 0 radical (unpaired) electrons. The molecule has 1 atom stereocenters. The number of hydrogen-bond acceptors (Lipinski definition) is 2. The fourth-order valence-corrected chi connectivity index (χ4v) is 2.16. The SMILES string of the molecule is C#CC(C)(O)c1ccc(Oc2cc(Cl)cc(Cl)c2)cc1. The monoisotopic (exact) mass is 306 g/mol. The van der Waals surface area contributed by atoms with Crippen LogP contribution in [0.3, 0.4) is 0 Å². The standard InChI is InChI=1S/C16H12Cl2O2/c1-3-16(2,19)11-4-6-14(7-5-11)20-15-9-12(17)8-13(18)10-15/h1,4-10,19H,2H3. The van der Waals surface area contributed by atoms with Crippen molar-refractivity contribution in [3.8, 4) is 23.8 Å². The van der Waals surface area contributed by atoms with Gasteiger partial charge < -0.3 is 9.84 Å². The van der Waals surface area contributed by atoms with Crippen LogP contribution in [0.1, 0.15) is 12.5 Å². The Balaban J connectivity index is 2.21. The van der Waals surface area contributed by atoms with Gasteiger partial charge in [0.1, 0.15) is 17.1 Å². The second-order valence-electron chi connectivity index (χ2n) is 4.45. The molecular weight excluding hydrogens is 295 g/mol. The highest BCUT2D eigenvalue weighted by molar-refractivity contribution is 6.34. The molecule has 2 rings (SSSR count). The normalized spacial score (nSPS) is 13.3. The maximum Gasteiger partial charge on any atom is 0.147 e. The lowest BCUT2D eigenvalue weighted by molar-refractivity contribution is 0.122. The average Bonchev–Trinajstić information content (AvgIpc) is 2.38. The molecule has 0 aromatic heterocycles. The molecular formula is C16H12Cl2O2. The zero-order valence-electron chi connectivity index (χ0n) is 10.7. The fourth-order valence-electron chi connectivity index (χ4n) is 1.65. The number of benzene rings is 2. The van der Waals surface area contributed by atoms with Gasteiger partial charge in [0.05, 0.1) is 0 Å². The highest BCUT2D eigenvalue weighted by atomic mass is 35.5. The Hall–Kier alpha value is -1.66. The number of aliphatic hydroxyl groups is 1. The van der Waals surface area contributed by atoms with Gasteiger partial charge in [0, 0.05) is 10.0 Å². The van der Waals surface area contributed by atoms with Gasteiger partial charge in [-0.25, -0.2) is 0 Å². The molecule has 0 fully saturated rings. The van der Waals surface area contributed by atoms with Crippen LogP contribution < -0.4 is 4.74 Å². The smallest absolute Gasteiger partial charge is 0.147 e. The summed E-state index contributed by atoms with van der Waals surface area (Å²) in [5, 5.41) is 10.9. The van der Waals surface area contributed by atoms with Crippen LogP contribution in [0.15, 0.2) is 42.5 Å². The van der Waals surface area contributed by atoms with E-state index in [1.165, 1.54) is 0 Å². The summed E-state index contributed by atoms with van der Waals surface area (Å²) in [4.78, 5) is 0. The fraction of sp³-hybridized carbons (Fsp3) is 0.125. The highest BCUT2D eigenvalue weighted by Crippen LogP contribution is 2.29. The lowest BCUT2D eigenvalue weighted by Gasteiger charge is -2.17. The largest absolute Gasteiger partial charge is 0.457 e. The lowest BCUT2D eigenvalue weighted by atomic mass is 9.97. The van der Waals surface area contributed by atoms with Crippen molar-refractivity contribution in [3.05, 3.63) is 58.1 Å². The lowest BCUT2D eigenvalue weighted by Crippen LogP contribution is -2.17. The summed E-state index contributed by atoms with van der Waals surface area (Å²) < 4.78 is 5.64. The summed E-state index contributed by atoms with van der Waals surface area (Å²) in [5.74, 6) is 3.46. The number of ether oxygens (including phenoxy) is 1. The van der Waals surface area contributed by atoms with Crippen molar-refractivity contribution >= 4 is 23.2 Å². The topological polar surface area (TPSA) is 29.5 Å². The molecule has 1 N–H and O–H groups in total. The molecule has 0 saturated heterocycles. The maximum absolute atomic E-state index is 9.94. The van der Waals surface area contributed by atoms with E-state index in [0.717, 1.165) is 0 Å². The molecule has 0 aliphatic carbocycles. The number of halogens is 2. The van der Waals surface area contributed by atoms with Gasteiger partial charge in [-0.2, -0.15) is 0 Å². The minimum absolute atomic E-state index is 0.499. The Morgan fingerprint density at radius 3 is 2.10 bits per heavy atom. The van der Waals surface area contributed by atoms with Gasteiger partial charge in [-0.05, 0) is 42.8 Å². The van der Waals surface area contributed by atoms with Gasteiger partial charge in [-0.15, -0.1) is 6.42 Å². The minimum Gasteiger partial charge on any atom is -0.457 e. The van der Waals surface area contributed by atoms with Crippen molar-refractivity contribution < 1.29 is 9.84 Å². The van der Waals surface area contributed by atoms with Crippen LogP contribution >= 0.6 is 23.2 Å². The summed E-state index contributed by atoms with van der Waals surface area (Å²) in [6, 6.07) is 11.8. The zero-order chi connectivity index (χ0) is 14.8. The number of terminal acetylenes is 1. The second kappa shape index (κ2) is 5.76. The quantitative estimate of drug-likeness (QED) is 0.838. The van der Waals surface area contributed by atoms with Crippen molar-refractivity contribution in [2.75, 3.05) is 0 Å². The van der Waals surface area contributed by atoms with Crippen LogP contribution in [0.5, 0.6) is 11.5 Å². The van der Waals surface area contributed by atoms with Gasteiger partial charge in [-0.1, -0.05) is 41.3 Å². The highest BCUT2D eigenvalue weighted by Gasteiger charge is 2.19. The summed E-state index contributed by atoms with van der Waals surface area (Å²) >= 11 is 11.8. The molecule has 0 aliphatic heterocycles. The number of rotatable bonds is 3. The van der Waals surface area contributed by atoms with Crippen molar-refractivity contribution in [2.24, 2.45) is 0 Å². The predicted octanol–water partition coefficient (Wildman–Crippen LogP) is 4.63. The van der Waals surface area contributed by atoms with Crippen molar-refractivity contribution in [1.29, 1.82) is 0 Å². The first kappa shape index (κ1) is 14.7. The molecule has 2 aromatic rings. The summed E-state index contributed by atoms with van der Waals surface area (Å²) in [6.07, 6.45) is 5.27. The zero-order valence-corrected chi connectivity index (χ0v) is 12.2. The average molecular weight is 307 g/mol. The van der Waals surface area contributed by atoms with Crippen LogP contribution in [0.25, 0.3) is 0 Å². The molecule has 1 unspecified atom stereocenters. The molecule has 0 heterocycles. The molecule has 2 nitrogen and oxygen atoms in total. The molecule has 0 amide bonds. The van der Waals surface area contributed by atoms with E-state index in [-0.39, 0.29) is 0 Å². The van der Waals surface area contributed by atoms with Gasteiger partial charge >= 0.3 is 0 Å². The Morgan fingerprint density at radius 1 is 1.05 bits per heavy atom. The molecule has 2 aromatic carbocycles. The molecule has 0 bridgehead atoms. The van der Waals surface area contributed by atoms with Crippen LogP contribution in [-0.4, -0.2) is 5.11 Å². The Kier molecular flexibility index (Phi) is 4.25. The third kappa shape index (κ3) is 3.46. The predicted molar refractivity (Wildman–Crippen MR) is 81.4 cm³/mol. The first-order valence-corrected chi connectivity index (χ1v) is 6.61. The Bertz CT molecular complexity index is 635. The summed E-state index contributed by atoms with van der Waals surface area (Å²) in [6.45, 7) is 1.56.